The molecule has 3 rings (SSSR count). The molecule has 1 aliphatic heterocycles. The van der Waals surface area contributed by atoms with Gasteiger partial charge in [0, 0.05) is 24.5 Å². The molecule has 1 amide bonds. The molecule has 4 nitrogen and oxygen atoms in total. The fourth-order valence-electron chi connectivity index (χ4n) is 3.23. The van der Waals surface area contributed by atoms with E-state index in [4.69, 9.17) is 4.74 Å². The number of anilines is 2. The van der Waals surface area contributed by atoms with Crippen LogP contribution in [-0.4, -0.2) is 25.1 Å². The smallest absolute Gasteiger partial charge is 0.265 e. The van der Waals surface area contributed by atoms with Crippen molar-refractivity contribution in [3.05, 3.63) is 53.6 Å². The molecule has 0 radical (unpaired) electrons. The zero-order valence-corrected chi connectivity index (χ0v) is 15.9. The minimum absolute atomic E-state index is 0.111. The van der Waals surface area contributed by atoms with Gasteiger partial charge < -0.3 is 15.0 Å². The minimum atomic E-state index is -0.504. The Bertz CT molecular complexity index is 749. The molecule has 0 bridgehead atoms. The molecular formula is C22H28N2O2. The van der Waals surface area contributed by atoms with Crippen molar-refractivity contribution in [1.82, 2.24) is 0 Å². The van der Waals surface area contributed by atoms with E-state index in [1.807, 2.05) is 44.2 Å². The molecule has 1 heterocycles. The molecule has 26 heavy (non-hydrogen) atoms. The Morgan fingerprint density at radius 3 is 2.38 bits per heavy atom. The molecule has 1 atom stereocenters. The number of hydrogen-bond donors (Lipinski definition) is 1. The number of carbonyl (C=O) groups excluding carboxylic acids is 1. The van der Waals surface area contributed by atoms with E-state index < -0.39 is 6.10 Å². The molecule has 2 aromatic carbocycles. The average Bonchev–Trinajstić information content (AvgIpc) is 3.18. The molecule has 2 aromatic rings. The summed E-state index contributed by atoms with van der Waals surface area (Å²) in [4.78, 5) is 15.0. The molecular weight excluding hydrogens is 324 g/mol. The van der Waals surface area contributed by atoms with Crippen LogP contribution in [0.1, 0.15) is 37.3 Å². The number of nitrogens with one attached hydrogen (secondary N) is 1. The summed E-state index contributed by atoms with van der Waals surface area (Å²) in [6, 6.07) is 14.0. The van der Waals surface area contributed by atoms with Gasteiger partial charge in [0.25, 0.3) is 5.91 Å². The lowest BCUT2D eigenvalue weighted by Gasteiger charge is -2.19. The molecule has 1 fully saturated rings. The van der Waals surface area contributed by atoms with Crippen molar-refractivity contribution >= 4 is 17.3 Å². The van der Waals surface area contributed by atoms with Crippen molar-refractivity contribution in [3.63, 3.8) is 0 Å². The molecule has 1 unspecified atom stereocenters. The maximum Gasteiger partial charge on any atom is 0.265 e. The summed E-state index contributed by atoms with van der Waals surface area (Å²) in [5.74, 6) is 0.624. The first-order valence-corrected chi connectivity index (χ1v) is 9.46. The highest BCUT2D eigenvalue weighted by atomic mass is 16.5. The Balaban J connectivity index is 1.62. The first kappa shape index (κ1) is 18.3. The number of rotatable bonds is 6. The topological polar surface area (TPSA) is 41.6 Å². The summed E-state index contributed by atoms with van der Waals surface area (Å²) in [5, 5.41) is 2.97. The predicted octanol–water partition coefficient (Wildman–Crippen LogP) is 4.70. The molecule has 0 aromatic heterocycles. The van der Waals surface area contributed by atoms with Crippen LogP contribution in [0.25, 0.3) is 0 Å². The van der Waals surface area contributed by atoms with E-state index in [1.54, 1.807) is 0 Å². The second-order valence-electron chi connectivity index (χ2n) is 6.99. The lowest BCUT2D eigenvalue weighted by atomic mass is 10.1. The average molecular weight is 352 g/mol. The molecule has 0 saturated carbocycles. The van der Waals surface area contributed by atoms with E-state index in [0.29, 0.717) is 6.42 Å². The van der Waals surface area contributed by atoms with Crippen molar-refractivity contribution in [2.24, 2.45) is 0 Å². The van der Waals surface area contributed by atoms with Crippen molar-refractivity contribution in [2.75, 3.05) is 23.3 Å². The zero-order chi connectivity index (χ0) is 18.5. The van der Waals surface area contributed by atoms with Gasteiger partial charge in [0.2, 0.25) is 0 Å². The number of aryl methyl sites for hydroxylation is 2. The monoisotopic (exact) mass is 352 g/mol. The van der Waals surface area contributed by atoms with Crippen LogP contribution < -0.4 is 15.0 Å². The van der Waals surface area contributed by atoms with Gasteiger partial charge in [-0.05, 0) is 80.6 Å². The highest BCUT2D eigenvalue weighted by molar-refractivity contribution is 5.94. The Morgan fingerprint density at radius 1 is 1.08 bits per heavy atom. The Labute approximate surface area is 156 Å². The summed E-state index contributed by atoms with van der Waals surface area (Å²) in [6.45, 7) is 8.31. The number of nitrogens with zero attached hydrogens (tertiary/aromatic N) is 1. The maximum absolute atomic E-state index is 12.6. The molecule has 4 heteroatoms. The Morgan fingerprint density at radius 2 is 1.77 bits per heavy atom. The van der Waals surface area contributed by atoms with Gasteiger partial charge in [-0.3, -0.25) is 4.79 Å². The van der Waals surface area contributed by atoms with E-state index in [1.165, 1.54) is 24.1 Å². The SMILES string of the molecule is CCC(Oc1ccc(C)c(C)c1)C(=O)Nc1ccc(N2CCCC2)cc1. The van der Waals surface area contributed by atoms with Crippen molar-refractivity contribution in [2.45, 2.75) is 46.1 Å². The Kier molecular flexibility index (Phi) is 5.82. The number of ether oxygens (including phenoxy) is 1. The molecule has 138 valence electrons. The van der Waals surface area contributed by atoms with Crippen LogP contribution in [0.4, 0.5) is 11.4 Å². The highest BCUT2D eigenvalue weighted by Gasteiger charge is 2.19. The van der Waals surface area contributed by atoms with Crippen molar-refractivity contribution < 1.29 is 9.53 Å². The molecule has 0 spiro atoms. The van der Waals surface area contributed by atoms with E-state index in [2.05, 4.69) is 29.3 Å². The summed E-state index contributed by atoms with van der Waals surface area (Å²) >= 11 is 0. The van der Waals surface area contributed by atoms with Crippen LogP contribution in [-0.2, 0) is 4.79 Å². The van der Waals surface area contributed by atoms with Gasteiger partial charge in [-0.1, -0.05) is 13.0 Å². The standard InChI is InChI=1S/C22H28N2O2/c1-4-21(26-20-12-7-16(2)17(3)15-20)22(25)23-18-8-10-19(11-9-18)24-13-5-6-14-24/h7-12,15,21H,4-6,13-14H2,1-3H3,(H,23,25). The first-order chi connectivity index (χ1) is 12.6. The third kappa shape index (κ3) is 4.37. The lowest BCUT2D eigenvalue weighted by molar-refractivity contribution is -0.122. The number of benzene rings is 2. The molecule has 0 aliphatic carbocycles. The van der Waals surface area contributed by atoms with Gasteiger partial charge in [0.05, 0.1) is 0 Å². The molecule has 1 N–H and O–H groups in total. The van der Waals surface area contributed by atoms with Gasteiger partial charge in [-0.25, -0.2) is 0 Å². The lowest BCUT2D eigenvalue weighted by Crippen LogP contribution is -2.32. The van der Waals surface area contributed by atoms with E-state index in [9.17, 15) is 4.79 Å². The summed E-state index contributed by atoms with van der Waals surface area (Å²) in [5.41, 5.74) is 4.40. The van der Waals surface area contributed by atoms with Crippen LogP contribution in [0.2, 0.25) is 0 Å². The van der Waals surface area contributed by atoms with Crippen LogP contribution in [0, 0.1) is 13.8 Å². The second-order valence-corrected chi connectivity index (χ2v) is 6.99. The van der Waals surface area contributed by atoms with Gasteiger partial charge in [0.15, 0.2) is 6.10 Å². The van der Waals surface area contributed by atoms with E-state index >= 15 is 0 Å². The number of amides is 1. The van der Waals surface area contributed by atoms with Crippen LogP contribution >= 0.6 is 0 Å². The number of hydrogen-bond acceptors (Lipinski definition) is 3. The largest absolute Gasteiger partial charge is 0.481 e. The normalized spacial score (nSPS) is 15.0. The third-order valence-corrected chi connectivity index (χ3v) is 5.03. The fraction of sp³-hybridized carbons (Fsp3) is 0.409. The highest BCUT2D eigenvalue weighted by Crippen LogP contribution is 2.23. The fourth-order valence-corrected chi connectivity index (χ4v) is 3.23. The van der Waals surface area contributed by atoms with Crippen LogP contribution in [0.5, 0.6) is 5.75 Å². The molecule has 1 saturated heterocycles. The number of carbonyl (C=O) groups is 1. The predicted molar refractivity (Wildman–Crippen MR) is 107 cm³/mol. The molecule has 1 aliphatic rings. The van der Waals surface area contributed by atoms with Gasteiger partial charge in [0.1, 0.15) is 5.75 Å². The zero-order valence-electron chi connectivity index (χ0n) is 15.9. The minimum Gasteiger partial charge on any atom is -0.481 e. The van der Waals surface area contributed by atoms with Gasteiger partial charge >= 0.3 is 0 Å². The first-order valence-electron chi connectivity index (χ1n) is 9.46. The van der Waals surface area contributed by atoms with Crippen molar-refractivity contribution in [1.29, 1.82) is 0 Å². The van der Waals surface area contributed by atoms with Gasteiger partial charge in [-0.15, -0.1) is 0 Å². The third-order valence-electron chi connectivity index (χ3n) is 5.03. The summed E-state index contributed by atoms with van der Waals surface area (Å²) in [7, 11) is 0. The Hall–Kier alpha value is -2.49. The maximum atomic E-state index is 12.6. The van der Waals surface area contributed by atoms with Crippen LogP contribution in [0.15, 0.2) is 42.5 Å². The van der Waals surface area contributed by atoms with Crippen molar-refractivity contribution in [3.8, 4) is 5.75 Å². The second kappa shape index (κ2) is 8.26. The summed E-state index contributed by atoms with van der Waals surface area (Å²) < 4.78 is 5.92. The van der Waals surface area contributed by atoms with Gasteiger partial charge in [-0.2, -0.15) is 0 Å². The summed E-state index contributed by atoms with van der Waals surface area (Å²) in [6.07, 6.45) is 2.62. The van der Waals surface area contributed by atoms with E-state index in [0.717, 1.165) is 30.1 Å². The quantitative estimate of drug-likeness (QED) is 0.819. The van der Waals surface area contributed by atoms with Crippen LogP contribution in [0.3, 0.4) is 0 Å². The van der Waals surface area contributed by atoms with E-state index in [-0.39, 0.29) is 5.91 Å².